The minimum Gasteiger partial charge on any atom is -0.283 e. The third-order valence-corrected chi connectivity index (χ3v) is 7.36. The Morgan fingerprint density at radius 2 is 1.58 bits per heavy atom. The second-order valence-corrected chi connectivity index (χ2v) is 10.6. The van der Waals surface area contributed by atoms with Crippen molar-refractivity contribution in [2.45, 2.75) is 12.3 Å². The first-order valence-electron chi connectivity index (χ1n) is 9.54. The highest BCUT2D eigenvalue weighted by atomic mass is 35.5. The van der Waals surface area contributed by atoms with Gasteiger partial charge in [0.2, 0.25) is 5.91 Å². The van der Waals surface area contributed by atoms with Crippen molar-refractivity contribution in [1.29, 1.82) is 0 Å². The fourth-order valence-corrected chi connectivity index (χ4v) is 5.77. The summed E-state index contributed by atoms with van der Waals surface area (Å²) >= 11 is 7.39. The molecule has 0 saturated carbocycles. The first-order chi connectivity index (χ1) is 14.9. The third-order valence-electron chi connectivity index (χ3n) is 4.63. The van der Waals surface area contributed by atoms with Gasteiger partial charge in [-0.15, -0.1) is 0 Å². The van der Waals surface area contributed by atoms with E-state index in [9.17, 15) is 13.2 Å². The van der Waals surface area contributed by atoms with Crippen molar-refractivity contribution in [3.05, 3.63) is 95.0 Å². The first kappa shape index (κ1) is 21.5. The number of carbonyl (C=O) groups is 1. The Hall–Kier alpha value is -2.74. The average Bonchev–Trinajstić information content (AvgIpc) is 3.15. The molecule has 0 radical (unpaired) electrons. The van der Waals surface area contributed by atoms with Gasteiger partial charge in [0.25, 0.3) is 0 Å². The van der Waals surface area contributed by atoms with Gasteiger partial charge in [0.15, 0.2) is 15.0 Å². The van der Waals surface area contributed by atoms with Crippen LogP contribution in [0.1, 0.15) is 11.1 Å². The van der Waals surface area contributed by atoms with E-state index >= 15 is 0 Å². The molecule has 0 aliphatic carbocycles. The Morgan fingerprint density at radius 1 is 0.935 bits per heavy atom. The summed E-state index contributed by atoms with van der Waals surface area (Å²) in [5.74, 6) is -1.29. The number of thiazole rings is 1. The fourth-order valence-electron chi connectivity index (χ4n) is 3.18. The molecule has 0 unspecified atom stereocenters. The number of carbonyl (C=O) groups excluding carboxylic acids is 1. The first-order valence-corrected chi connectivity index (χ1v) is 12.6. The van der Waals surface area contributed by atoms with Crippen LogP contribution in [0.15, 0.2) is 78.9 Å². The van der Waals surface area contributed by atoms with Gasteiger partial charge < -0.3 is 0 Å². The number of benzene rings is 3. The highest BCUT2D eigenvalue weighted by Crippen LogP contribution is 2.32. The number of rotatable bonds is 7. The van der Waals surface area contributed by atoms with E-state index in [1.807, 2.05) is 36.4 Å². The maximum atomic E-state index is 13.2. The molecule has 0 N–H and O–H groups in total. The second kappa shape index (κ2) is 9.18. The molecular formula is C23H19ClN2O3S2. The SMILES string of the molecule is O=C(CS(=O)(=O)Cc1ccccc1)N(Cc1ccccc1)c1nc2ccc(Cl)cc2s1. The van der Waals surface area contributed by atoms with Gasteiger partial charge in [-0.2, -0.15) is 0 Å². The molecule has 31 heavy (non-hydrogen) atoms. The van der Waals surface area contributed by atoms with Gasteiger partial charge in [-0.1, -0.05) is 83.6 Å². The zero-order chi connectivity index (χ0) is 21.8. The number of aromatic nitrogens is 1. The lowest BCUT2D eigenvalue weighted by molar-refractivity contribution is -0.116. The van der Waals surface area contributed by atoms with Crippen LogP contribution in [0.4, 0.5) is 5.13 Å². The van der Waals surface area contributed by atoms with Crippen LogP contribution in [0, 0.1) is 0 Å². The molecule has 1 heterocycles. The van der Waals surface area contributed by atoms with Crippen molar-refractivity contribution in [2.75, 3.05) is 10.7 Å². The minimum atomic E-state index is -3.65. The molecule has 1 amide bonds. The van der Waals surface area contributed by atoms with E-state index in [0.717, 1.165) is 10.3 Å². The third kappa shape index (κ3) is 5.50. The second-order valence-electron chi connectivity index (χ2n) is 7.09. The number of fused-ring (bicyclic) bond motifs is 1. The van der Waals surface area contributed by atoms with Crippen LogP contribution in [0.2, 0.25) is 5.02 Å². The fraction of sp³-hybridized carbons (Fsp3) is 0.130. The van der Waals surface area contributed by atoms with Crippen molar-refractivity contribution >= 4 is 54.0 Å². The Labute approximate surface area is 189 Å². The Balaban J connectivity index is 1.63. The van der Waals surface area contributed by atoms with Crippen LogP contribution >= 0.6 is 22.9 Å². The Kier molecular flexibility index (Phi) is 6.36. The van der Waals surface area contributed by atoms with E-state index in [1.54, 1.807) is 42.5 Å². The van der Waals surface area contributed by atoms with E-state index in [2.05, 4.69) is 4.98 Å². The summed E-state index contributed by atoms with van der Waals surface area (Å²) in [6.45, 7) is 0.230. The predicted octanol–water partition coefficient (Wildman–Crippen LogP) is 5.10. The summed E-state index contributed by atoms with van der Waals surface area (Å²) in [4.78, 5) is 19.2. The number of nitrogens with zero attached hydrogens (tertiary/aromatic N) is 2. The molecule has 5 nitrogen and oxygen atoms in total. The van der Waals surface area contributed by atoms with Crippen molar-refractivity contribution in [3.63, 3.8) is 0 Å². The molecular weight excluding hydrogens is 452 g/mol. The van der Waals surface area contributed by atoms with Crippen molar-refractivity contribution in [3.8, 4) is 0 Å². The number of hydrogen-bond donors (Lipinski definition) is 0. The largest absolute Gasteiger partial charge is 0.283 e. The van der Waals surface area contributed by atoms with Crippen LogP contribution in [0.3, 0.4) is 0 Å². The molecule has 0 fully saturated rings. The number of halogens is 1. The summed E-state index contributed by atoms with van der Waals surface area (Å²) in [7, 11) is -3.65. The summed E-state index contributed by atoms with van der Waals surface area (Å²) in [5.41, 5.74) is 2.25. The molecule has 0 spiro atoms. The molecule has 4 rings (SSSR count). The average molecular weight is 471 g/mol. The maximum absolute atomic E-state index is 13.2. The zero-order valence-corrected chi connectivity index (χ0v) is 18.8. The van der Waals surface area contributed by atoms with Crippen LogP contribution in [0.25, 0.3) is 10.2 Å². The summed E-state index contributed by atoms with van der Waals surface area (Å²) in [6.07, 6.45) is 0. The number of hydrogen-bond acceptors (Lipinski definition) is 5. The van der Waals surface area contributed by atoms with Gasteiger partial charge in [0, 0.05) is 5.02 Å². The van der Waals surface area contributed by atoms with E-state index in [1.165, 1.54) is 16.2 Å². The van der Waals surface area contributed by atoms with E-state index in [-0.39, 0.29) is 12.3 Å². The van der Waals surface area contributed by atoms with Crippen LogP contribution in [-0.2, 0) is 26.9 Å². The molecule has 0 saturated heterocycles. The molecule has 3 aromatic carbocycles. The quantitative estimate of drug-likeness (QED) is 0.377. The normalized spacial score (nSPS) is 11.5. The highest BCUT2D eigenvalue weighted by Gasteiger charge is 2.26. The van der Waals surface area contributed by atoms with Crippen molar-refractivity contribution < 1.29 is 13.2 Å². The van der Waals surface area contributed by atoms with Crippen LogP contribution < -0.4 is 4.90 Å². The van der Waals surface area contributed by atoms with Gasteiger partial charge in [-0.25, -0.2) is 13.4 Å². The van der Waals surface area contributed by atoms with Crippen molar-refractivity contribution in [1.82, 2.24) is 4.98 Å². The molecule has 0 bridgehead atoms. The van der Waals surface area contributed by atoms with E-state index in [4.69, 9.17) is 11.6 Å². The van der Waals surface area contributed by atoms with Crippen LogP contribution in [0.5, 0.6) is 0 Å². The zero-order valence-electron chi connectivity index (χ0n) is 16.4. The minimum absolute atomic E-state index is 0.186. The van der Waals surface area contributed by atoms with Crippen molar-refractivity contribution in [2.24, 2.45) is 0 Å². The standard InChI is InChI=1S/C23H19ClN2O3S2/c24-19-11-12-20-21(13-19)30-23(25-20)26(14-17-7-3-1-4-8-17)22(27)16-31(28,29)15-18-9-5-2-6-10-18/h1-13H,14-16H2. The monoisotopic (exact) mass is 470 g/mol. The smallest absolute Gasteiger partial charge is 0.244 e. The molecule has 8 heteroatoms. The highest BCUT2D eigenvalue weighted by molar-refractivity contribution is 7.91. The van der Waals surface area contributed by atoms with E-state index in [0.29, 0.717) is 21.2 Å². The number of sulfone groups is 1. The topological polar surface area (TPSA) is 67.3 Å². The van der Waals surface area contributed by atoms with Gasteiger partial charge >= 0.3 is 0 Å². The lowest BCUT2D eigenvalue weighted by atomic mass is 10.2. The summed E-state index contributed by atoms with van der Waals surface area (Å²) in [6, 6.07) is 23.6. The molecule has 1 aromatic heterocycles. The summed E-state index contributed by atoms with van der Waals surface area (Å²) < 4.78 is 26.3. The van der Waals surface area contributed by atoms with Crippen LogP contribution in [-0.4, -0.2) is 25.1 Å². The van der Waals surface area contributed by atoms with Gasteiger partial charge in [0.1, 0.15) is 5.75 Å². The Morgan fingerprint density at radius 3 is 2.26 bits per heavy atom. The van der Waals surface area contributed by atoms with Gasteiger partial charge in [0.05, 0.1) is 22.5 Å². The molecule has 4 aromatic rings. The predicted molar refractivity (Wildman–Crippen MR) is 126 cm³/mol. The van der Waals surface area contributed by atoms with E-state index < -0.39 is 21.5 Å². The number of anilines is 1. The molecule has 0 aliphatic heterocycles. The number of amides is 1. The molecule has 158 valence electrons. The maximum Gasteiger partial charge on any atom is 0.244 e. The Bertz CT molecular complexity index is 1310. The summed E-state index contributed by atoms with van der Waals surface area (Å²) in [5, 5.41) is 1.02. The lowest BCUT2D eigenvalue weighted by Gasteiger charge is -2.20. The van der Waals surface area contributed by atoms with Gasteiger partial charge in [-0.3, -0.25) is 9.69 Å². The lowest BCUT2D eigenvalue weighted by Crippen LogP contribution is -2.35. The van der Waals surface area contributed by atoms with Gasteiger partial charge in [-0.05, 0) is 29.3 Å². The molecule has 0 aliphatic rings. The molecule has 0 atom stereocenters.